The van der Waals surface area contributed by atoms with E-state index in [0.717, 1.165) is 9.99 Å². The van der Waals surface area contributed by atoms with Gasteiger partial charge >= 0.3 is 0 Å². The minimum Gasteiger partial charge on any atom is -0.133 e. The Morgan fingerprint density at radius 1 is 0.500 bits per heavy atom. The molecule has 0 aliphatic rings. The molecular weight excluding hydrogens is 491 g/mol. The number of thiol groups is 1. The Kier molecular flexibility index (Phi) is 8.08. The standard InChI is InChI=1S/C33H27PS2/c35-33(36-26-27-16-6-1-7-17-27)32(28-18-8-2-9-19-28)34(29-20-10-3-11-21-29,30-22-12-4-13-23-30)31-24-14-5-15-25-31/h1-25H,26H2/p+1/b33-32+. The second-order valence-corrected chi connectivity index (χ2v) is 13.5. The molecule has 0 spiro atoms. The Balaban J connectivity index is 1.84. The van der Waals surface area contributed by atoms with Crippen LogP contribution < -0.4 is 15.9 Å². The molecule has 0 aromatic heterocycles. The third-order valence-electron chi connectivity index (χ3n) is 6.23. The molecule has 176 valence electrons. The van der Waals surface area contributed by atoms with Gasteiger partial charge in [-0.2, -0.15) is 0 Å². The highest BCUT2D eigenvalue weighted by Gasteiger charge is 2.51. The monoisotopic (exact) mass is 519 g/mol. The van der Waals surface area contributed by atoms with Gasteiger partial charge < -0.3 is 0 Å². The van der Waals surface area contributed by atoms with Crippen LogP contribution in [0.4, 0.5) is 0 Å². The fourth-order valence-corrected chi connectivity index (χ4v) is 11.1. The van der Waals surface area contributed by atoms with Crippen molar-refractivity contribution in [2.75, 3.05) is 0 Å². The van der Waals surface area contributed by atoms with Crippen LogP contribution in [0.25, 0.3) is 5.31 Å². The van der Waals surface area contributed by atoms with Gasteiger partial charge in [0.2, 0.25) is 0 Å². The average Bonchev–Trinajstić information content (AvgIpc) is 2.97. The van der Waals surface area contributed by atoms with Crippen molar-refractivity contribution in [1.82, 2.24) is 0 Å². The Morgan fingerprint density at radius 2 is 0.861 bits per heavy atom. The molecule has 5 aromatic carbocycles. The van der Waals surface area contributed by atoms with E-state index in [1.807, 2.05) is 11.8 Å². The first kappa shape index (κ1) is 24.7. The minimum absolute atomic E-state index is 0.869. The zero-order valence-electron chi connectivity index (χ0n) is 19.9. The van der Waals surface area contributed by atoms with Crippen molar-refractivity contribution in [2.24, 2.45) is 0 Å². The van der Waals surface area contributed by atoms with Crippen LogP contribution >= 0.6 is 31.7 Å². The highest BCUT2D eigenvalue weighted by Crippen LogP contribution is 2.68. The topological polar surface area (TPSA) is 0 Å². The summed E-state index contributed by atoms with van der Waals surface area (Å²) >= 11 is 7.10. The first-order valence-electron chi connectivity index (χ1n) is 12.0. The maximum Gasteiger partial charge on any atom is 0.146 e. The quantitative estimate of drug-likeness (QED) is 0.159. The van der Waals surface area contributed by atoms with E-state index in [-0.39, 0.29) is 0 Å². The van der Waals surface area contributed by atoms with E-state index in [1.165, 1.54) is 32.4 Å². The number of hydrogen-bond donors (Lipinski definition) is 1. The Labute approximate surface area is 224 Å². The van der Waals surface area contributed by atoms with Crippen molar-refractivity contribution in [2.45, 2.75) is 5.75 Å². The Hall–Kier alpha value is -3.03. The van der Waals surface area contributed by atoms with E-state index in [1.54, 1.807) is 0 Å². The molecule has 0 fully saturated rings. The summed E-state index contributed by atoms with van der Waals surface area (Å²) in [6.07, 6.45) is 0. The van der Waals surface area contributed by atoms with E-state index < -0.39 is 7.26 Å². The van der Waals surface area contributed by atoms with Gasteiger partial charge in [0.1, 0.15) is 28.5 Å². The zero-order valence-corrected chi connectivity index (χ0v) is 22.5. The Morgan fingerprint density at radius 3 is 1.28 bits per heavy atom. The van der Waals surface area contributed by atoms with Crippen LogP contribution in [0.2, 0.25) is 0 Å². The summed E-state index contributed by atoms with van der Waals surface area (Å²) in [6, 6.07) is 54.5. The second kappa shape index (κ2) is 11.8. The van der Waals surface area contributed by atoms with Crippen LogP contribution in [0.5, 0.6) is 0 Å². The molecule has 0 radical (unpaired) electrons. The summed E-state index contributed by atoms with van der Waals surface area (Å²) in [4.78, 5) is 0. The predicted molar refractivity (Wildman–Crippen MR) is 165 cm³/mol. The van der Waals surface area contributed by atoms with Crippen LogP contribution in [-0.2, 0) is 5.75 Å². The maximum atomic E-state index is 5.28. The summed E-state index contributed by atoms with van der Waals surface area (Å²) in [5.74, 6) is 0.869. The van der Waals surface area contributed by atoms with Crippen LogP contribution in [0.1, 0.15) is 11.1 Å². The molecule has 0 nitrogen and oxygen atoms in total. The van der Waals surface area contributed by atoms with Crippen LogP contribution in [0.15, 0.2) is 156 Å². The molecule has 0 N–H and O–H groups in total. The smallest absolute Gasteiger partial charge is 0.133 e. The van der Waals surface area contributed by atoms with Gasteiger partial charge in [0.15, 0.2) is 0 Å². The van der Waals surface area contributed by atoms with Crippen LogP contribution in [-0.4, -0.2) is 0 Å². The molecule has 0 saturated heterocycles. The molecule has 0 bridgehead atoms. The maximum absolute atomic E-state index is 5.28. The van der Waals surface area contributed by atoms with Gasteiger partial charge in [0.25, 0.3) is 0 Å². The normalized spacial score (nSPS) is 12.1. The van der Waals surface area contributed by atoms with Gasteiger partial charge in [-0.1, -0.05) is 115 Å². The number of hydrogen-bond acceptors (Lipinski definition) is 2. The van der Waals surface area contributed by atoms with Gasteiger partial charge in [-0.3, -0.25) is 0 Å². The second-order valence-electron chi connectivity index (χ2n) is 8.47. The average molecular weight is 520 g/mol. The lowest BCUT2D eigenvalue weighted by atomic mass is 10.2. The lowest BCUT2D eigenvalue weighted by Gasteiger charge is -2.30. The first-order valence-corrected chi connectivity index (χ1v) is 15.2. The molecule has 0 heterocycles. The fraction of sp³-hybridized carbons (Fsp3) is 0.0303. The minimum atomic E-state index is -2.28. The fourth-order valence-electron chi connectivity index (χ4n) is 4.64. The van der Waals surface area contributed by atoms with Crippen molar-refractivity contribution in [3.63, 3.8) is 0 Å². The van der Waals surface area contributed by atoms with E-state index >= 15 is 0 Å². The van der Waals surface area contributed by atoms with Crippen molar-refractivity contribution >= 4 is 52.9 Å². The summed E-state index contributed by atoms with van der Waals surface area (Å²) in [5.41, 5.74) is 2.51. The van der Waals surface area contributed by atoms with E-state index in [0.29, 0.717) is 0 Å². The molecule has 0 saturated carbocycles. The lowest BCUT2D eigenvalue weighted by molar-refractivity contribution is 1.42. The van der Waals surface area contributed by atoms with Gasteiger partial charge in [-0.15, -0.1) is 24.4 Å². The van der Waals surface area contributed by atoms with Crippen molar-refractivity contribution < 1.29 is 0 Å². The molecule has 5 aromatic rings. The Bertz CT molecular complexity index is 1310. The molecule has 0 amide bonds. The summed E-state index contributed by atoms with van der Waals surface area (Å²) < 4.78 is 1.06. The van der Waals surface area contributed by atoms with E-state index in [4.69, 9.17) is 12.6 Å². The van der Waals surface area contributed by atoms with Crippen molar-refractivity contribution in [3.05, 3.63) is 167 Å². The summed E-state index contributed by atoms with van der Waals surface area (Å²) in [7, 11) is -2.28. The highest BCUT2D eigenvalue weighted by molar-refractivity contribution is 8.17. The number of thioether (sulfide) groups is 1. The lowest BCUT2D eigenvalue weighted by Crippen LogP contribution is -2.32. The SMILES string of the molecule is S/C(SCc1ccccc1)=C(/c1ccccc1)[P+](c1ccccc1)(c1ccccc1)c1ccccc1. The van der Waals surface area contributed by atoms with E-state index in [2.05, 4.69) is 152 Å². The molecular formula is C33H28PS2+. The zero-order chi connectivity index (χ0) is 24.6. The molecule has 0 aliphatic carbocycles. The molecule has 0 atom stereocenters. The molecule has 0 aliphatic heterocycles. The third-order valence-corrected chi connectivity index (χ3v) is 12.5. The van der Waals surface area contributed by atoms with E-state index in [9.17, 15) is 0 Å². The molecule has 3 heteroatoms. The predicted octanol–water partition coefficient (Wildman–Crippen LogP) is 8.17. The number of benzene rings is 5. The number of rotatable bonds is 8. The van der Waals surface area contributed by atoms with Crippen LogP contribution in [0.3, 0.4) is 0 Å². The molecule has 0 unspecified atom stereocenters. The van der Waals surface area contributed by atoms with Gasteiger partial charge in [-0.05, 0) is 42.0 Å². The van der Waals surface area contributed by atoms with Gasteiger partial charge in [-0.25, -0.2) is 0 Å². The van der Waals surface area contributed by atoms with Crippen LogP contribution in [0, 0.1) is 0 Å². The first-order chi connectivity index (χ1) is 17.8. The third kappa shape index (κ3) is 5.08. The largest absolute Gasteiger partial charge is 0.146 e. The van der Waals surface area contributed by atoms with Gasteiger partial charge in [0, 0.05) is 11.3 Å². The molecule has 5 rings (SSSR count). The summed E-state index contributed by atoms with van der Waals surface area (Å²) in [5, 5.41) is 5.28. The van der Waals surface area contributed by atoms with Crippen molar-refractivity contribution in [3.8, 4) is 0 Å². The highest BCUT2D eigenvalue weighted by atomic mass is 32.2. The molecule has 36 heavy (non-hydrogen) atoms. The van der Waals surface area contributed by atoms with Gasteiger partial charge in [0.05, 0.1) is 4.24 Å². The van der Waals surface area contributed by atoms with Crippen molar-refractivity contribution in [1.29, 1.82) is 0 Å². The summed E-state index contributed by atoms with van der Waals surface area (Å²) in [6.45, 7) is 0.